The third kappa shape index (κ3) is 8.95. The maximum Gasteiger partial charge on any atom is 0.416 e. The van der Waals surface area contributed by atoms with Gasteiger partial charge < -0.3 is 9.80 Å². The molecule has 0 saturated heterocycles. The molecule has 384 valence electrons. The van der Waals surface area contributed by atoms with Crippen LogP contribution in [0, 0.1) is 33.6 Å². The van der Waals surface area contributed by atoms with Gasteiger partial charge in [0, 0.05) is 34.1 Å². The van der Waals surface area contributed by atoms with Crippen molar-refractivity contribution >= 4 is 22.7 Å². The molecule has 0 spiro atoms. The lowest BCUT2D eigenvalue weighted by molar-refractivity contribution is -0.138. The van der Waals surface area contributed by atoms with E-state index in [1.807, 2.05) is 115 Å². The highest BCUT2D eigenvalue weighted by atomic mass is 19.4. The molecule has 0 aromatic heterocycles. The fourth-order valence-corrected chi connectivity index (χ4v) is 11.8. The molecule has 0 bridgehead atoms. The van der Waals surface area contributed by atoms with Gasteiger partial charge in [-0.3, -0.25) is 0 Å². The summed E-state index contributed by atoms with van der Waals surface area (Å²) in [6, 6.07) is 55.3. The minimum atomic E-state index is -4.62. The Balaban J connectivity index is 1.06. The van der Waals surface area contributed by atoms with Gasteiger partial charge in [-0.05, 0) is 178 Å². The number of anilines is 4. The molecule has 0 saturated carbocycles. The van der Waals surface area contributed by atoms with Gasteiger partial charge in [-0.25, -0.2) is 0 Å². The first kappa shape index (κ1) is 50.0. The Bertz CT molecular complexity index is 3970. The van der Waals surface area contributed by atoms with Crippen molar-refractivity contribution in [3.63, 3.8) is 0 Å². The number of rotatable bonds is 10. The second-order valence-electron chi connectivity index (χ2n) is 20.4. The minimum absolute atomic E-state index is 0.331. The van der Waals surface area contributed by atoms with Crippen LogP contribution in [-0.4, -0.2) is 6.04 Å². The smallest absolute Gasteiger partial charge is 0.330 e. The number of nitrogens with zero attached hydrogens (tertiary/aromatic N) is 2. The molecule has 8 aromatic carbocycles. The zero-order valence-electron chi connectivity index (χ0n) is 43.3. The predicted octanol–water partition coefficient (Wildman–Crippen LogP) is 19.7. The molecule has 12 rings (SSSR count). The summed E-state index contributed by atoms with van der Waals surface area (Å²) in [7, 11) is 0. The molecule has 0 amide bonds. The second kappa shape index (κ2) is 19.6. The summed E-state index contributed by atoms with van der Waals surface area (Å²) >= 11 is 0. The third-order valence-electron chi connectivity index (χ3n) is 15.6. The molecule has 2 atom stereocenters. The van der Waals surface area contributed by atoms with Crippen molar-refractivity contribution in [2.75, 3.05) is 9.80 Å². The van der Waals surface area contributed by atoms with Crippen LogP contribution < -0.4 is 9.80 Å². The summed E-state index contributed by atoms with van der Waals surface area (Å²) in [5.41, 5.74) is 17.7. The normalized spacial score (nSPS) is 16.5. The first-order valence-corrected chi connectivity index (χ1v) is 26.0. The van der Waals surface area contributed by atoms with Gasteiger partial charge in [0.2, 0.25) is 0 Å². The first-order valence-electron chi connectivity index (χ1n) is 26.0. The number of hydrogen-bond acceptors (Lipinski definition) is 2. The molecule has 0 N–H and O–H groups in total. The Morgan fingerprint density at radius 3 is 1.46 bits per heavy atom. The van der Waals surface area contributed by atoms with E-state index in [2.05, 4.69) is 105 Å². The van der Waals surface area contributed by atoms with Crippen LogP contribution in [0.15, 0.2) is 264 Å². The van der Waals surface area contributed by atoms with Gasteiger partial charge in [0.15, 0.2) is 0 Å². The maximum atomic E-state index is 14.9. The Morgan fingerprint density at radius 2 is 0.910 bits per heavy atom. The van der Waals surface area contributed by atoms with Gasteiger partial charge in [-0.2, -0.15) is 26.3 Å². The molecule has 78 heavy (non-hydrogen) atoms. The molecule has 4 aliphatic rings. The quantitative estimate of drug-likeness (QED) is 0.126. The Labute approximate surface area is 451 Å². The molecule has 8 heteroatoms. The molecule has 2 nitrogen and oxygen atoms in total. The molecule has 0 heterocycles. The first-order chi connectivity index (χ1) is 37.6. The Morgan fingerprint density at radius 1 is 0.410 bits per heavy atom. The molecule has 2 unspecified atom stereocenters. The van der Waals surface area contributed by atoms with E-state index >= 15 is 0 Å². The van der Waals surface area contributed by atoms with Gasteiger partial charge in [0.25, 0.3) is 0 Å². The number of allylic oxidation sites excluding steroid dienone is 10. The molecular formula is C70H52F6N2. The molecule has 8 aromatic rings. The fourth-order valence-electron chi connectivity index (χ4n) is 11.8. The number of hydrogen-bond donors (Lipinski definition) is 0. The number of halogens is 6. The van der Waals surface area contributed by atoms with Crippen LogP contribution in [0.5, 0.6) is 0 Å². The van der Waals surface area contributed by atoms with Crippen molar-refractivity contribution in [3.05, 3.63) is 298 Å². The average Bonchev–Trinajstić information content (AvgIpc) is 3.59. The average molecular weight is 1040 g/mol. The van der Waals surface area contributed by atoms with Gasteiger partial charge >= 0.3 is 12.4 Å². The van der Waals surface area contributed by atoms with Crippen LogP contribution in [-0.2, 0) is 12.4 Å². The summed E-state index contributed by atoms with van der Waals surface area (Å²) in [6.07, 6.45) is 7.25. The maximum absolute atomic E-state index is 14.9. The largest absolute Gasteiger partial charge is 0.416 e. The van der Waals surface area contributed by atoms with Crippen LogP contribution in [0.1, 0.15) is 33.4 Å². The van der Waals surface area contributed by atoms with Crippen molar-refractivity contribution in [3.8, 4) is 44.5 Å². The van der Waals surface area contributed by atoms with E-state index in [1.54, 1.807) is 12.1 Å². The lowest BCUT2D eigenvalue weighted by Gasteiger charge is -2.44. The summed E-state index contributed by atoms with van der Waals surface area (Å²) in [4.78, 5) is 4.00. The monoisotopic (exact) mass is 1030 g/mol. The predicted molar refractivity (Wildman–Crippen MR) is 306 cm³/mol. The third-order valence-corrected chi connectivity index (χ3v) is 15.6. The zero-order valence-corrected chi connectivity index (χ0v) is 43.3. The minimum Gasteiger partial charge on any atom is -0.330 e. The highest BCUT2D eigenvalue weighted by Crippen LogP contribution is 2.54. The SMILES string of the molecule is Cc1ccccc1-c1ccc(N(C2=C3C=CC4=C5C(=CC=C(C=C2)C35)C(N(c2cccc(C(F)(F)F)c2)c2ccc(-c3ccccc3C)cc2-c2ccccc2C)C=C4)c2cccc(C(F)(F)F)c2)c(-c2ccccc2C)c1. The lowest BCUT2D eigenvalue weighted by Crippen LogP contribution is -2.37. The zero-order chi connectivity index (χ0) is 54.0. The van der Waals surface area contributed by atoms with E-state index in [9.17, 15) is 26.3 Å². The van der Waals surface area contributed by atoms with E-state index in [-0.39, 0.29) is 5.92 Å². The summed E-state index contributed by atoms with van der Waals surface area (Å²) in [5, 5.41) is 0. The summed E-state index contributed by atoms with van der Waals surface area (Å²) in [5.74, 6) is -0.387. The van der Waals surface area contributed by atoms with Crippen LogP contribution >= 0.6 is 0 Å². The second-order valence-corrected chi connectivity index (χ2v) is 20.4. The van der Waals surface area contributed by atoms with E-state index in [4.69, 9.17) is 0 Å². The van der Waals surface area contributed by atoms with E-state index < -0.39 is 29.5 Å². The summed E-state index contributed by atoms with van der Waals surface area (Å²) < 4.78 is 89.1. The molecular weight excluding hydrogens is 983 g/mol. The van der Waals surface area contributed by atoms with Crippen LogP contribution in [0.3, 0.4) is 0 Å². The van der Waals surface area contributed by atoms with Gasteiger partial charge in [0.1, 0.15) is 0 Å². The van der Waals surface area contributed by atoms with Gasteiger partial charge in [-0.1, -0.05) is 164 Å². The standard InChI is InChI=1S/C70H52F6N2/c1-43-15-5-9-23-55(43)49-31-37-65(61(39-49)57-25-11-7-17-45(57)3)77(53-21-13-19-51(41-53)69(71,72)73)63-35-29-47-28-34-60-64(36-30-48-27-33-59(63)67(47)68(48)60)78(54-22-14-20-52(42-54)70(74,75)76)66-38-32-50(56-24-10-6-16-44(56)2)40-62(66)58-26-12-8-18-46(58)4/h5-42,63,68H,1-4H3. The highest BCUT2D eigenvalue weighted by Gasteiger charge is 2.42. The van der Waals surface area contributed by atoms with Gasteiger partial charge in [0.05, 0.1) is 28.6 Å². The fraction of sp³-hybridized carbons (Fsp3) is 0.114. The molecule has 0 radical (unpaired) electrons. The van der Waals surface area contributed by atoms with Crippen molar-refractivity contribution in [1.82, 2.24) is 0 Å². The van der Waals surface area contributed by atoms with Crippen molar-refractivity contribution in [2.45, 2.75) is 46.1 Å². The lowest BCUT2D eigenvalue weighted by atomic mass is 9.67. The topological polar surface area (TPSA) is 6.48 Å². The Kier molecular flexibility index (Phi) is 12.6. The molecule has 0 aliphatic heterocycles. The van der Waals surface area contributed by atoms with Crippen molar-refractivity contribution < 1.29 is 26.3 Å². The van der Waals surface area contributed by atoms with E-state index in [0.29, 0.717) is 22.8 Å². The van der Waals surface area contributed by atoms with E-state index in [0.717, 1.165) is 112 Å². The summed E-state index contributed by atoms with van der Waals surface area (Å²) in [6.45, 7) is 8.22. The van der Waals surface area contributed by atoms with Crippen LogP contribution in [0.2, 0.25) is 0 Å². The van der Waals surface area contributed by atoms with Crippen LogP contribution in [0.25, 0.3) is 44.5 Å². The van der Waals surface area contributed by atoms with Crippen molar-refractivity contribution in [2.24, 2.45) is 5.92 Å². The number of alkyl halides is 6. The number of benzene rings is 8. The molecule has 0 fully saturated rings. The Hall–Kier alpha value is -8.88. The van der Waals surface area contributed by atoms with E-state index in [1.165, 1.54) is 24.3 Å². The molecule has 4 aliphatic carbocycles. The van der Waals surface area contributed by atoms with Gasteiger partial charge in [-0.15, -0.1) is 0 Å². The van der Waals surface area contributed by atoms with Crippen molar-refractivity contribution in [1.29, 1.82) is 0 Å². The highest BCUT2D eigenvalue weighted by molar-refractivity contribution is 5.92. The van der Waals surface area contributed by atoms with Crippen LogP contribution in [0.4, 0.5) is 49.1 Å². The number of aryl methyl sites for hydroxylation is 4.